The van der Waals surface area contributed by atoms with Crippen molar-refractivity contribution >= 4 is 17.2 Å². The third-order valence-corrected chi connectivity index (χ3v) is 2.19. The van der Waals surface area contributed by atoms with Gasteiger partial charge in [0.25, 0.3) is 0 Å². The number of nitrogens with zero attached hydrogens (tertiary/aromatic N) is 3. The zero-order valence-electron chi connectivity index (χ0n) is 8.21. The van der Waals surface area contributed by atoms with Crippen molar-refractivity contribution in [3.05, 3.63) is 42.0 Å². The van der Waals surface area contributed by atoms with Crippen LogP contribution in [0.1, 0.15) is 11.4 Å². The molecule has 0 atom stereocenters. The quantitative estimate of drug-likeness (QED) is 0.770. The molecule has 0 radical (unpaired) electrons. The number of rotatable bonds is 2. The predicted octanol–water partition coefficient (Wildman–Crippen LogP) is 1.21. The molecule has 2 heterocycles. The van der Waals surface area contributed by atoms with Crippen LogP contribution in [-0.2, 0) is 0 Å². The molecule has 2 N–H and O–H groups in total. The monoisotopic (exact) mass is 218 g/mol. The number of pyridine rings is 1. The van der Waals surface area contributed by atoms with Gasteiger partial charge in [-0.3, -0.25) is 4.98 Å². The fraction of sp³-hybridized carbons (Fsp3) is 0.100. The minimum atomic E-state index is 0.292. The standard InChI is InChI=1S/C10H10N4S/c1-7-3-5-14(13-7)8-2-4-12-9(6-8)10(11)15/h2-6H,1H3,(H2,11,15). The number of aryl methyl sites for hydroxylation is 1. The highest BCUT2D eigenvalue weighted by atomic mass is 32.1. The lowest BCUT2D eigenvalue weighted by Crippen LogP contribution is -2.12. The fourth-order valence-corrected chi connectivity index (χ4v) is 1.37. The van der Waals surface area contributed by atoms with E-state index in [0.717, 1.165) is 11.4 Å². The van der Waals surface area contributed by atoms with Crippen molar-refractivity contribution in [2.45, 2.75) is 6.92 Å². The molecule has 76 valence electrons. The molecule has 0 saturated carbocycles. The highest BCUT2D eigenvalue weighted by molar-refractivity contribution is 7.80. The summed E-state index contributed by atoms with van der Waals surface area (Å²) in [6.45, 7) is 1.94. The van der Waals surface area contributed by atoms with E-state index in [9.17, 15) is 0 Å². The van der Waals surface area contributed by atoms with E-state index in [2.05, 4.69) is 10.1 Å². The number of hydrogen-bond donors (Lipinski definition) is 1. The van der Waals surface area contributed by atoms with E-state index >= 15 is 0 Å². The van der Waals surface area contributed by atoms with E-state index in [1.807, 2.05) is 31.3 Å². The Morgan fingerprint density at radius 1 is 1.47 bits per heavy atom. The Kier molecular flexibility index (Phi) is 2.47. The van der Waals surface area contributed by atoms with Gasteiger partial charge < -0.3 is 5.73 Å². The molecule has 0 aliphatic rings. The molecule has 0 spiro atoms. The first-order chi connectivity index (χ1) is 7.16. The van der Waals surface area contributed by atoms with Crippen LogP contribution in [0.4, 0.5) is 0 Å². The zero-order chi connectivity index (χ0) is 10.8. The second kappa shape index (κ2) is 3.78. The van der Waals surface area contributed by atoms with Crippen LogP contribution in [0.2, 0.25) is 0 Å². The lowest BCUT2D eigenvalue weighted by atomic mass is 10.3. The summed E-state index contributed by atoms with van der Waals surface area (Å²) in [4.78, 5) is 4.36. The van der Waals surface area contributed by atoms with Gasteiger partial charge in [-0.05, 0) is 25.1 Å². The third kappa shape index (κ3) is 2.02. The maximum absolute atomic E-state index is 5.51. The van der Waals surface area contributed by atoms with Crippen LogP contribution in [0.3, 0.4) is 0 Å². The molecular formula is C10H10N4S. The van der Waals surface area contributed by atoms with Gasteiger partial charge in [-0.15, -0.1) is 0 Å². The Morgan fingerprint density at radius 2 is 2.27 bits per heavy atom. The van der Waals surface area contributed by atoms with E-state index in [1.54, 1.807) is 10.9 Å². The van der Waals surface area contributed by atoms with Crippen molar-refractivity contribution < 1.29 is 0 Å². The summed E-state index contributed by atoms with van der Waals surface area (Å²) in [6, 6.07) is 5.60. The van der Waals surface area contributed by atoms with Crippen LogP contribution in [0, 0.1) is 6.92 Å². The first-order valence-corrected chi connectivity index (χ1v) is 4.86. The smallest absolute Gasteiger partial charge is 0.122 e. The van der Waals surface area contributed by atoms with Gasteiger partial charge in [-0.25, -0.2) is 4.68 Å². The van der Waals surface area contributed by atoms with Gasteiger partial charge in [0, 0.05) is 12.4 Å². The Bertz CT molecular complexity index is 504. The average Bonchev–Trinajstić information content (AvgIpc) is 2.65. The molecule has 2 aromatic rings. The largest absolute Gasteiger partial charge is 0.388 e. The predicted molar refractivity (Wildman–Crippen MR) is 62.0 cm³/mol. The fourth-order valence-electron chi connectivity index (χ4n) is 1.26. The summed E-state index contributed by atoms with van der Waals surface area (Å²) in [5.41, 5.74) is 7.98. The number of hydrogen-bond acceptors (Lipinski definition) is 3. The van der Waals surface area contributed by atoms with Crippen molar-refractivity contribution in [1.82, 2.24) is 14.8 Å². The number of nitrogens with two attached hydrogens (primary N) is 1. The Morgan fingerprint density at radius 3 is 2.87 bits per heavy atom. The van der Waals surface area contributed by atoms with Crippen molar-refractivity contribution in [2.24, 2.45) is 5.73 Å². The Balaban J connectivity index is 2.45. The highest BCUT2D eigenvalue weighted by Gasteiger charge is 2.02. The normalized spacial score (nSPS) is 10.2. The molecule has 0 fully saturated rings. The molecule has 0 aliphatic heterocycles. The molecular weight excluding hydrogens is 208 g/mol. The molecule has 0 amide bonds. The minimum Gasteiger partial charge on any atom is -0.388 e. The molecule has 5 heteroatoms. The number of thiocarbonyl (C=S) groups is 1. The Labute approximate surface area is 92.7 Å². The van der Waals surface area contributed by atoms with Crippen LogP contribution < -0.4 is 5.73 Å². The third-order valence-electron chi connectivity index (χ3n) is 1.98. The van der Waals surface area contributed by atoms with Crippen molar-refractivity contribution in [2.75, 3.05) is 0 Å². The summed E-state index contributed by atoms with van der Waals surface area (Å²) in [6.07, 6.45) is 3.55. The van der Waals surface area contributed by atoms with Crippen molar-refractivity contribution in [3.63, 3.8) is 0 Å². The summed E-state index contributed by atoms with van der Waals surface area (Å²) in [5.74, 6) is 0. The number of aromatic nitrogens is 3. The Hall–Kier alpha value is -1.75. The highest BCUT2D eigenvalue weighted by Crippen LogP contribution is 2.08. The first-order valence-electron chi connectivity index (χ1n) is 4.45. The molecule has 2 rings (SSSR count). The van der Waals surface area contributed by atoms with E-state index in [1.165, 1.54) is 0 Å². The van der Waals surface area contributed by atoms with Gasteiger partial charge in [0.2, 0.25) is 0 Å². The molecule has 0 aromatic carbocycles. The van der Waals surface area contributed by atoms with E-state index in [0.29, 0.717) is 10.7 Å². The van der Waals surface area contributed by atoms with Crippen molar-refractivity contribution in [1.29, 1.82) is 0 Å². The molecule has 4 nitrogen and oxygen atoms in total. The summed E-state index contributed by atoms with van der Waals surface area (Å²) in [7, 11) is 0. The van der Waals surface area contributed by atoms with Crippen LogP contribution >= 0.6 is 12.2 Å². The second-order valence-electron chi connectivity index (χ2n) is 3.17. The summed E-state index contributed by atoms with van der Waals surface area (Å²) in [5, 5.41) is 4.29. The lowest BCUT2D eigenvalue weighted by Gasteiger charge is -2.02. The zero-order valence-corrected chi connectivity index (χ0v) is 9.03. The lowest BCUT2D eigenvalue weighted by molar-refractivity contribution is 0.859. The molecule has 0 unspecified atom stereocenters. The van der Waals surface area contributed by atoms with Gasteiger partial charge in [0.05, 0.1) is 17.1 Å². The van der Waals surface area contributed by atoms with Crippen LogP contribution in [0.5, 0.6) is 0 Å². The SMILES string of the molecule is Cc1ccn(-c2ccnc(C(N)=S)c2)n1. The van der Waals surface area contributed by atoms with Crippen LogP contribution in [0.25, 0.3) is 5.69 Å². The van der Waals surface area contributed by atoms with Gasteiger partial charge >= 0.3 is 0 Å². The van der Waals surface area contributed by atoms with Gasteiger partial charge in [-0.1, -0.05) is 12.2 Å². The summed E-state index contributed by atoms with van der Waals surface area (Å²) >= 11 is 4.86. The molecule has 0 bridgehead atoms. The molecule has 0 saturated heterocycles. The van der Waals surface area contributed by atoms with Gasteiger partial charge in [0.15, 0.2) is 0 Å². The van der Waals surface area contributed by atoms with E-state index in [4.69, 9.17) is 18.0 Å². The van der Waals surface area contributed by atoms with E-state index < -0.39 is 0 Å². The summed E-state index contributed by atoms with van der Waals surface area (Å²) < 4.78 is 1.76. The van der Waals surface area contributed by atoms with E-state index in [-0.39, 0.29) is 0 Å². The topological polar surface area (TPSA) is 56.7 Å². The minimum absolute atomic E-state index is 0.292. The van der Waals surface area contributed by atoms with Gasteiger partial charge in [-0.2, -0.15) is 5.10 Å². The maximum Gasteiger partial charge on any atom is 0.122 e. The van der Waals surface area contributed by atoms with Crippen LogP contribution in [-0.4, -0.2) is 19.8 Å². The maximum atomic E-state index is 5.51. The van der Waals surface area contributed by atoms with Crippen LogP contribution in [0.15, 0.2) is 30.6 Å². The molecule has 2 aromatic heterocycles. The first kappa shape index (κ1) is 9.79. The molecule has 0 aliphatic carbocycles. The second-order valence-corrected chi connectivity index (χ2v) is 3.61. The van der Waals surface area contributed by atoms with Crippen molar-refractivity contribution in [3.8, 4) is 5.69 Å². The van der Waals surface area contributed by atoms with Gasteiger partial charge in [0.1, 0.15) is 4.99 Å². The average molecular weight is 218 g/mol. The molecule has 15 heavy (non-hydrogen) atoms.